The first kappa shape index (κ1) is 16.5. The van der Waals surface area contributed by atoms with Gasteiger partial charge in [-0.25, -0.2) is 0 Å². The Hall–Kier alpha value is -0.860. The molecule has 1 aliphatic rings. The van der Waals surface area contributed by atoms with Crippen molar-refractivity contribution in [2.24, 2.45) is 11.3 Å². The number of nitrogens with zero attached hydrogens (tertiary/aromatic N) is 1. The van der Waals surface area contributed by atoms with Gasteiger partial charge in [0.1, 0.15) is 0 Å². The lowest BCUT2D eigenvalue weighted by Gasteiger charge is -2.47. The molecular formula is C19H32N2. The number of benzene rings is 1. The Bertz CT molecular complexity index is 419. The van der Waals surface area contributed by atoms with Gasteiger partial charge in [-0.1, -0.05) is 65.0 Å². The summed E-state index contributed by atoms with van der Waals surface area (Å²) < 4.78 is 0. The monoisotopic (exact) mass is 288 g/mol. The van der Waals surface area contributed by atoms with Crippen molar-refractivity contribution in [3.8, 4) is 0 Å². The summed E-state index contributed by atoms with van der Waals surface area (Å²) >= 11 is 0. The highest BCUT2D eigenvalue weighted by Gasteiger charge is 2.35. The predicted molar refractivity (Wildman–Crippen MR) is 91.3 cm³/mol. The lowest BCUT2D eigenvalue weighted by molar-refractivity contribution is 0.0452. The van der Waals surface area contributed by atoms with Gasteiger partial charge < -0.3 is 5.32 Å². The molecule has 2 heteroatoms. The summed E-state index contributed by atoms with van der Waals surface area (Å²) in [6.07, 6.45) is 1.27. The van der Waals surface area contributed by atoms with Crippen LogP contribution in [0.4, 0.5) is 0 Å². The third-order valence-electron chi connectivity index (χ3n) is 4.48. The van der Waals surface area contributed by atoms with Gasteiger partial charge in [-0.15, -0.1) is 0 Å². The van der Waals surface area contributed by atoms with Gasteiger partial charge in [0.25, 0.3) is 0 Å². The molecule has 118 valence electrons. The van der Waals surface area contributed by atoms with Crippen LogP contribution >= 0.6 is 0 Å². The molecule has 1 aromatic carbocycles. The van der Waals surface area contributed by atoms with Crippen molar-refractivity contribution in [2.45, 2.75) is 59.7 Å². The van der Waals surface area contributed by atoms with Crippen LogP contribution in [0.15, 0.2) is 30.3 Å². The van der Waals surface area contributed by atoms with Crippen LogP contribution in [-0.2, 0) is 6.54 Å². The van der Waals surface area contributed by atoms with Crippen molar-refractivity contribution >= 4 is 0 Å². The number of hydrogen-bond donors (Lipinski definition) is 1. The summed E-state index contributed by atoms with van der Waals surface area (Å²) in [6, 6.07) is 12.1. The molecule has 1 N–H and O–H groups in total. The molecule has 2 nitrogen and oxygen atoms in total. The Balaban J connectivity index is 2.09. The number of hydrogen-bond acceptors (Lipinski definition) is 2. The van der Waals surface area contributed by atoms with E-state index in [-0.39, 0.29) is 0 Å². The van der Waals surface area contributed by atoms with Crippen LogP contribution < -0.4 is 5.32 Å². The maximum absolute atomic E-state index is 3.78. The lowest BCUT2D eigenvalue weighted by Crippen LogP contribution is -2.60. The maximum Gasteiger partial charge on any atom is 0.0273 e. The van der Waals surface area contributed by atoms with Gasteiger partial charge >= 0.3 is 0 Å². The largest absolute Gasteiger partial charge is 0.311 e. The van der Waals surface area contributed by atoms with Crippen molar-refractivity contribution in [3.05, 3.63) is 35.9 Å². The van der Waals surface area contributed by atoms with Crippen LogP contribution in [0.1, 0.15) is 46.6 Å². The zero-order valence-electron chi connectivity index (χ0n) is 14.4. The molecule has 1 aliphatic heterocycles. The highest BCUT2D eigenvalue weighted by atomic mass is 15.2. The van der Waals surface area contributed by atoms with Crippen LogP contribution in [-0.4, -0.2) is 30.1 Å². The summed E-state index contributed by atoms with van der Waals surface area (Å²) in [4.78, 5) is 2.69. The number of piperazine rings is 1. The molecule has 0 aromatic heterocycles. The highest BCUT2D eigenvalue weighted by molar-refractivity contribution is 5.15. The first-order chi connectivity index (χ1) is 9.86. The van der Waals surface area contributed by atoms with E-state index in [2.05, 4.69) is 75.2 Å². The van der Waals surface area contributed by atoms with Gasteiger partial charge in [0.2, 0.25) is 0 Å². The molecule has 1 aromatic rings. The Morgan fingerprint density at radius 2 is 1.86 bits per heavy atom. The van der Waals surface area contributed by atoms with E-state index >= 15 is 0 Å². The lowest BCUT2D eigenvalue weighted by atomic mass is 9.83. The van der Waals surface area contributed by atoms with Gasteiger partial charge in [-0.2, -0.15) is 0 Å². The van der Waals surface area contributed by atoms with Crippen LogP contribution in [0.2, 0.25) is 0 Å². The van der Waals surface area contributed by atoms with Crippen LogP contribution in [0, 0.1) is 11.3 Å². The van der Waals surface area contributed by atoms with Crippen molar-refractivity contribution in [1.29, 1.82) is 0 Å². The topological polar surface area (TPSA) is 15.3 Å². The number of rotatable bonds is 4. The van der Waals surface area contributed by atoms with Crippen molar-refractivity contribution in [1.82, 2.24) is 10.2 Å². The first-order valence-corrected chi connectivity index (χ1v) is 8.37. The average Bonchev–Trinajstić information content (AvgIpc) is 2.38. The Labute approximate surface area is 130 Å². The molecule has 2 unspecified atom stereocenters. The Morgan fingerprint density at radius 3 is 2.43 bits per heavy atom. The van der Waals surface area contributed by atoms with Gasteiger partial charge in [0, 0.05) is 31.7 Å². The van der Waals surface area contributed by atoms with Gasteiger partial charge in [-0.05, 0) is 23.3 Å². The molecule has 0 aliphatic carbocycles. The second-order valence-corrected chi connectivity index (χ2v) is 8.03. The van der Waals surface area contributed by atoms with Gasteiger partial charge in [0.05, 0.1) is 0 Å². The fraction of sp³-hybridized carbons (Fsp3) is 0.684. The molecule has 0 radical (unpaired) electrons. The standard InChI is InChI=1S/C19H32N2/c1-15(2)11-17-14-21(13-16-9-7-6-8-10-16)18(12-20-17)19(3,4)5/h6-10,15,17-18,20H,11-14H2,1-5H3. The molecule has 1 heterocycles. The van der Waals surface area contributed by atoms with Crippen molar-refractivity contribution in [2.75, 3.05) is 13.1 Å². The zero-order valence-corrected chi connectivity index (χ0v) is 14.4. The van der Waals surface area contributed by atoms with E-state index in [0.29, 0.717) is 17.5 Å². The molecular weight excluding hydrogens is 256 g/mol. The highest BCUT2D eigenvalue weighted by Crippen LogP contribution is 2.28. The quantitative estimate of drug-likeness (QED) is 0.903. The van der Waals surface area contributed by atoms with Crippen LogP contribution in [0.25, 0.3) is 0 Å². The Morgan fingerprint density at radius 1 is 1.19 bits per heavy atom. The summed E-state index contributed by atoms with van der Waals surface area (Å²) in [6.45, 7) is 15.1. The maximum atomic E-state index is 3.78. The molecule has 1 fully saturated rings. The normalized spacial score (nSPS) is 24.5. The summed E-state index contributed by atoms with van der Waals surface area (Å²) in [5.74, 6) is 0.757. The van der Waals surface area contributed by atoms with E-state index in [0.717, 1.165) is 25.6 Å². The second kappa shape index (κ2) is 6.93. The molecule has 21 heavy (non-hydrogen) atoms. The summed E-state index contributed by atoms with van der Waals surface area (Å²) in [5, 5.41) is 3.78. The van der Waals surface area contributed by atoms with Gasteiger partial charge in [0.15, 0.2) is 0 Å². The van der Waals surface area contributed by atoms with E-state index in [9.17, 15) is 0 Å². The zero-order chi connectivity index (χ0) is 15.5. The second-order valence-electron chi connectivity index (χ2n) is 8.03. The molecule has 2 atom stereocenters. The van der Waals surface area contributed by atoms with E-state index in [1.54, 1.807) is 0 Å². The summed E-state index contributed by atoms with van der Waals surface area (Å²) in [5.41, 5.74) is 1.74. The third kappa shape index (κ3) is 4.82. The molecule has 0 saturated carbocycles. The van der Waals surface area contributed by atoms with Gasteiger partial charge in [-0.3, -0.25) is 4.90 Å². The fourth-order valence-electron chi connectivity index (χ4n) is 3.46. The fourth-order valence-corrected chi connectivity index (χ4v) is 3.46. The minimum absolute atomic E-state index is 0.310. The average molecular weight is 288 g/mol. The summed E-state index contributed by atoms with van der Waals surface area (Å²) in [7, 11) is 0. The van der Waals surface area contributed by atoms with E-state index in [1.807, 2.05) is 0 Å². The van der Waals surface area contributed by atoms with E-state index in [1.165, 1.54) is 12.0 Å². The van der Waals surface area contributed by atoms with Crippen LogP contribution in [0.3, 0.4) is 0 Å². The first-order valence-electron chi connectivity index (χ1n) is 8.37. The Kier molecular flexibility index (Phi) is 5.45. The molecule has 2 rings (SSSR count). The molecule has 0 amide bonds. The molecule has 0 bridgehead atoms. The van der Waals surface area contributed by atoms with E-state index in [4.69, 9.17) is 0 Å². The smallest absolute Gasteiger partial charge is 0.0273 e. The SMILES string of the molecule is CC(C)CC1CN(Cc2ccccc2)C(C(C)(C)C)CN1. The van der Waals surface area contributed by atoms with E-state index < -0.39 is 0 Å². The van der Waals surface area contributed by atoms with Crippen LogP contribution in [0.5, 0.6) is 0 Å². The van der Waals surface area contributed by atoms with Crippen molar-refractivity contribution < 1.29 is 0 Å². The third-order valence-corrected chi connectivity index (χ3v) is 4.48. The molecule has 1 saturated heterocycles. The minimum Gasteiger partial charge on any atom is -0.311 e. The van der Waals surface area contributed by atoms with Crippen molar-refractivity contribution in [3.63, 3.8) is 0 Å². The predicted octanol–water partition coefficient (Wildman–Crippen LogP) is 3.92. The number of nitrogens with one attached hydrogen (secondary N) is 1. The molecule has 0 spiro atoms. The minimum atomic E-state index is 0.310.